The fourth-order valence-electron chi connectivity index (χ4n) is 3.34. The van der Waals surface area contributed by atoms with E-state index < -0.39 is 0 Å². The van der Waals surface area contributed by atoms with E-state index in [1.165, 1.54) is 22.3 Å². The van der Waals surface area contributed by atoms with E-state index in [1.54, 1.807) is 28.4 Å². The number of nitrogens with one attached hydrogen (secondary N) is 1. The van der Waals surface area contributed by atoms with Crippen molar-refractivity contribution in [2.24, 2.45) is 0 Å². The molecule has 3 aromatic heterocycles. The molecule has 1 amide bonds. The third-order valence-electron chi connectivity index (χ3n) is 4.92. The van der Waals surface area contributed by atoms with Gasteiger partial charge in [0.05, 0.1) is 11.8 Å². The Balaban J connectivity index is 1.58. The number of halogens is 2. The van der Waals surface area contributed by atoms with Gasteiger partial charge in [0.2, 0.25) is 5.91 Å². The van der Waals surface area contributed by atoms with Gasteiger partial charge in [0.25, 0.3) is 5.56 Å². The Hall–Kier alpha value is -2.36. The first kappa shape index (κ1) is 21.9. The maximum Gasteiger partial charge on any atom is 0.260 e. The average molecular weight is 520 g/mol. The molecule has 3 heterocycles. The standard InChI is InChI=1S/C22H19BrFN3O2S2/c1-3-27(10-13-8-14(23)5-6-16(13)24)19(28)9-18-25-21(29)20-15(11-30-22(20)26-18)17-7-4-12(2)31-17/h4-8,11H,3,9-10H2,1-2H3,(H,25,26,29). The zero-order chi connectivity index (χ0) is 22.1. The molecule has 9 heteroatoms. The molecule has 5 nitrogen and oxygen atoms in total. The molecule has 4 aromatic rings. The van der Waals surface area contributed by atoms with E-state index in [1.807, 2.05) is 31.4 Å². The van der Waals surface area contributed by atoms with E-state index in [0.717, 1.165) is 14.9 Å². The molecule has 4 rings (SSSR count). The van der Waals surface area contributed by atoms with E-state index in [-0.39, 0.29) is 30.2 Å². The van der Waals surface area contributed by atoms with E-state index in [9.17, 15) is 14.0 Å². The number of hydrogen-bond acceptors (Lipinski definition) is 5. The van der Waals surface area contributed by atoms with Crippen molar-refractivity contribution in [2.75, 3.05) is 6.54 Å². The molecule has 0 aliphatic heterocycles. The SMILES string of the molecule is CCN(Cc1cc(Br)ccc1F)C(=O)Cc1nc2scc(-c3ccc(C)s3)c2c(=O)[nH]1. The second-order valence-electron chi connectivity index (χ2n) is 7.07. The van der Waals surface area contributed by atoms with Crippen LogP contribution in [0.25, 0.3) is 20.7 Å². The molecule has 1 N–H and O–H groups in total. The lowest BCUT2D eigenvalue weighted by Gasteiger charge is -2.21. The summed E-state index contributed by atoms with van der Waals surface area (Å²) in [5.41, 5.74) is 1.04. The number of H-pyrrole nitrogens is 1. The lowest BCUT2D eigenvalue weighted by atomic mass is 10.2. The summed E-state index contributed by atoms with van der Waals surface area (Å²) in [5, 5.41) is 2.48. The molecule has 0 fully saturated rings. The summed E-state index contributed by atoms with van der Waals surface area (Å²) >= 11 is 6.35. The Labute approximate surface area is 194 Å². The van der Waals surface area contributed by atoms with Crippen molar-refractivity contribution in [3.63, 3.8) is 0 Å². The third-order valence-corrected chi connectivity index (χ3v) is 7.32. The topological polar surface area (TPSA) is 66.1 Å². The van der Waals surface area contributed by atoms with Crippen molar-refractivity contribution in [1.29, 1.82) is 0 Å². The van der Waals surface area contributed by atoms with Gasteiger partial charge in [0, 0.05) is 43.8 Å². The molecule has 0 saturated heterocycles. The maximum atomic E-state index is 14.1. The minimum Gasteiger partial charge on any atom is -0.338 e. The van der Waals surface area contributed by atoms with Crippen LogP contribution in [-0.2, 0) is 17.8 Å². The lowest BCUT2D eigenvalue weighted by molar-refractivity contribution is -0.131. The van der Waals surface area contributed by atoms with Gasteiger partial charge in [0.1, 0.15) is 16.5 Å². The molecule has 0 radical (unpaired) electrons. The summed E-state index contributed by atoms with van der Waals surface area (Å²) in [6.07, 6.45) is -0.0556. The summed E-state index contributed by atoms with van der Waals surface area (Å²) in [5.74, 6) is -0.279. The van der Waals surface area contributed by atoms with Gasteiger partial charge < -0.3 is 9.88 Å². The van der Waals surface area contributed by atoms with Gasteiger partial charge in [-0.15, -0.1) is 22.7 Å². The molecular weight excluding hydrogens is 501 g/mol. The molecule has 1 aromatic carbocycles. The van der Waals surface area contributed by atoms with Gasteiger partial charge >= 0.3 is 0 Å². The Morgan fingerprint density at radius 2 is 2.10 bits per heavy atom. The minimum atomic E-state index is -0.364. The fraction of sp³-hybridized carbons (Fsp3) is 0.227. The van der Waals surface area contributed by atoms with Gasteiger partial charge in [-0.1, -0.05) is 15.9 Å². The van der Waals surface area contributed by atoms with Gasteiger partial charge in [0.15, 0.2) is 0 Å². The molecule has 0 saturated carbocycles. The van der Waals surface area contributed by atoms with Crippen molar-refractivity contribution in [3.05, 3.63) is 72.6 Å². The number of hydrogen-bond donors (Lipinski definition) is 1. The summed E-state index contributed by atoms with van der Waals surface area (Å²) in [7, 11) is 0. The van der Waals surface area contributed by atoms with Gasteiger partial charge in [-0.2, -0.15) is 0 Å². The largest absolute Gasteiger partial charge is 0.338 e. The number of aromatic amines is 1. The van der Waals surface area contributed by atoms with Gasteiger partial charge in [-0.25, -0.2) is 9.37 Å². The zero-order valence-corrected chi connectivity index (χ0v) is 20.1. The number of rotatable bonds is 6. The van der Waals surface area contributed by atoms with Gasteiger partial charge in [-0.3, -0.25) is 9.59 Å². The van der Waals surface area contributed by atoms with Crippen LogP contribution in [0.3, 0.4) is 0 Å². The van der Waals surface area contributed by atoms with E-state index in [4.69, 9.17) is 0 Å². The Morgan fingerprint density at radius 1 is 1.29 bits per heavy atom. The molecule has 160 valence electrons. The van der Waals surface area contributed by atoms with Crippen LogP contribution in [-0.4, -0.2) is 27.3 Å². The number of aromatic nitrogens is 2. The predicted octanol–water partition coefficient (Wildman–Crippen LogP) is 5.51. The highest BCUT2D eigenvalue weighted by molar-refractivity contribution is 9.10. The number of carbonyl (C=O) groups is 1. The number of amides is 1. The fourth-order valence-corrected chi connectivity index (χ4v) is 5.67. The van der Waals surface area contributed by atoms with E-state index >= 15 is 0 Å². The van der Waals surface area contributed by atoms with Crippen molar-refractivity contribution in [1.82, 2.24) is 14.9 Å². The van der Waals surface area contributed by atoms with Crippen LogP contribution in [0.2, 0.25) is 0 Å². The smallest absolute Gasteiger partial charge is 0.260 e. The van der Waals surface area contributed by atoms with Crippen molar-refractivity contribution in [2.45, 2.75) is 26.8 Å². The van der Waals surface area contributed by atoms with Gasteiger partial charge in [-0.05, 0) is 44.2 Å². The molecule has 0 bridgehead atoms. The number of likely N-dealkylation sites (N-methyl/N-ethyl adjacent to an activating group) is 1. The Morgan fingerprint density at radius 3 is 2.81 bits per heavy atom. The second kappa shape index (κ2) is 9.02. The van der Waals surface area contributed by atoms with Crippen LogP contribution in [0.1, 0.15) is 23.2 Å². The highest BCUT2D eigenvalue weighted by Crippen LogP contribution is 2.35. The van der Waals surface area contributed by atoms with Crippen LogP contribution < -0.4 is 5.56 Å². The Bertz CT molecular complexity index is 1330. The molecule has 31 heavy (non-hydrogen) atoms. The molecule has 0 atom stereocenters. The number of benzene rings is 1. The van der Waals surface area contributed by atoms with Crippen LogP contribution in [0, 0.1) is 12.7 Å². The number of aryl methyl sites for hydroxylation is 1. The number of thiophene rings is 2. The third kappa shape index (κ3) is 4.63. The van der Waals surface area contributed by atoms with Crippen LogP contribution in [0.4, 0.5) is 4.39 Å². The monoisotopic (exact) mass is 519 g/mol. The number of nitrogens with zero attached hydrogens (tertiary/aromatic N) is 2. The predicted molar refractivity (Wildman–Crippen MR) is 127 cm³/mol. The van der Waals surface area contributed by atoms with Crippen LogP contribution >= 0.6 is 38.6 Å². The number of carbonyl (C=O) groups excluding carboxylic acids is 1. The first-order valence-corrected chi connectivity index (χ1v) is 12.1. The van der Waals surface area contributed by atoms with Crippen LogP contribution in [0.5, 0.6) is 0 Å². The normalized spacial score (nSPS) is 11.2. The van der Waals surface area contributed by atoms with E-state index in [2.05, 4.69) is 25.9 Å². The highest BCUT2D eigenvalue weighted by Gasteiger charge is 2.19. The van der Waals surface area contributed by atoms with Crippen molar-refractivity contribution in [3.8, 4) is 10.4 Å². The first-order chi connectivity index (χ1) is 14.9. The average Bonchev–Trinajstić information content (AvgIpc) is 3.34. The summed E-state index contributed by atoms with van der Waals surface area (Å²) in [4.78, 5) is 37.3. The molecular formula is C22H19BrFN3O2S2. The molecule has 0 aliphatic rings. The first-order valence-electron chi connectivity index (χ1n) is 9.64. The van der Waals surface area contributed by atoms with Crippen molar-refractivity contribution < 1.29 is 9.18 Å². The minimum absolute atomic E-state index is 0.0556. The number of fused-ring (bicyclic) bond motifs is 1. The summed E-state index contributed by atoms with van der Waals surface area (Å²) in [6.45, 7) is 4.42. The lowest BCUT2D eigenvalue weighted by Crippen LogP contribution is -2.33. The van der Waals surface area contributed by atoms with Crippen molar-refractivity contribution >= 4 is 54.7 Å². The molecule has 0 aliphatic carbocycles. The maximum absolute atomic E-state index is 14.1. The summed E-state index contributed by atoms with van der Waals surface area (Å²) < 4.78 is 14.9. The quantitative estimate of drug-likeness (QED) is 0.365. The van der Waals surface area contributed by atoms with Crippen LogP contribution in [0.15, 0.2) is 45.0 Å². The molecule has 0 unspecified atom stereocenters. The summed E-state index contributed by atoms with van der Waals surface area (Å²) in [6, 6.07) is 8.67. The Kier molecular flexibility index (Phi) is 6.36. The molecule has 0 spiro atoms. The van der Waals surface area contributed by atoms with E-state index in [0.29, 0.717) is 28.1 Å². The second-order valence-corrected chi connectivity index (χ2v) is 10.1. The highest BCUT2D eigenvalue weighted by atomic mass is 79.9. The zero-order valence-electron chi connectivity index (χ0n) is 16.9.